The van der Waals surface area contributed by atoms with Gasteiger partial charge in [0.15, 0.2) is 0 Å². The maximum atomic E-state index is 13.6. The molecule has 0 fully saturated rings. The Bertz CT molecular complexity index is 1050. The van der Waals surface area contributed by atoms with Crippen LogP contribution in [0.2, 0.25) is 0 Å². The second-order valence-electron chi connectivity index (χ2n) is 8.27. The summed E-state index contributed by atoms with van der Waals surface area (Å²) in [7, 11) is 0. The minimum Gasteiger partial charge on any atom is -1.00 e. The Morgan fingerprint density at radius 1 is 1.12 bits per heavy atom. The van der Waals surface area contributed by atoms with Crippen molar-refractivity contribution < 1.29 is 55.5 Å². The van der Waals surface area contributed by atoms with Crippen LogP contribution in [0, 0.1) is 5.82 Å². The average molecular weight is 465 g/mol. The van der Waals surface area contributed by atoms with Gasteiger partial charge in [0.25, 0.3) is 0 Å². The fourth-order valence-corrected chi connectivity index (χ4v) is 3.96. The number of aliphatic hydroxyl groups is 2. The molecule has 3 N–H and O–H groups in total. The van der Waals surface area contributed by atoms with Gasteiger partial charge in [-0.3, -0.25) is 9.78 Å². The molecule has 0 aliphatic rings. The maximum absolute atomic E-state index is 13.6. The fraction of sp³-hybridized carbons (Fsp3) is 0.360. The van der Waals surface area contributed by atoms with Crippen LogP contribution in [0.25, 0.3) is 22.4 Å². The smallest absolute Gasteiger partial charge is 1.00 e. The number of aliphatic hydroxyl groups excluding tert-OH is 2. The molecule has 0 saturated carbocycles. The van der Waals surface area contributed by atoms with Crippen LogP contribution in [-0.4, -0.2) is 43.0 Å². The number of pyridine rings is 1. The number of aliphatic carboxylic acids is 1. The van der Waals surface area contributed by atoms with Gasteiger partial charge in [-0.1, -0.05) is 18.2 Å². The number of carbonyl (C=O) groups is 1. The Balaban J connectivity index is 0.00000289. The van der Waals surface area contributed by atoms with Crippen LogP contribution >= 0.6 is 0 Å². The largest absolute Gasteiger partial charge is 1.00 e. The number of nitrogens with zero attached hydrogens (tertiary/aromatic N) is 2. The van der Waals surface area contributed by atoms with Crippen LogP contribution < -0.4 is 29.6 Å². The molecule has 2 heterocycles. The second kappa shape index (κ2) is 12.4. The molecule has 0 aliphatic heterocycles. The summed E-state index contributed by atoms with van der Waals surface area (Å²) in [4.78, 5) is 15.3. The van der Waals surface area contributed by atoms with Gasteiger partial charge in [0.05, 0.1) is 24.3 Å². The van der Waals surface area contributed by atoms with E-state index in [2.05, 4.69) is 23.4 Å². The van der Waals surface area contributed by atoms with Gasteiger partial charge < -0.3 is 21.3 Å². The molecule has 1 aromatic carbocycles. The van der Waals surface area contributed by atoms with E-state index >= 15 is 0 Å². The molecule has 0 saturated heterocycles. The minimum absolute atomic E-state index is 0. The molecular formula is C25H30FN2NaO4. The SMILES string of the molecule is CC(C)n1cc(-c2ccccn2)c(-c2ccc(F)cc2)c1CC[C@@H](O)C[C@@H](O)CC(=O)O.[H-].[Na+]. The molecule has 0 radical (unpaired) electrons. The van der Waals surface area contributed by atoms with Crippen LogP contribution in [0.4, 0.5) is 4.39 Å². The van der Waals surface area contributed by atoms with Crippen LogP contribution in [0.5, 0.6) is 0 Å². The van der Waals surface area contributed by atoms with E-state index in [1.54, 1.807) is 18.3 Å². The number of hydrogen-bond acceptors (Lipinski definition) is 4. The molecule has 0 amide bonds. The predicted molar refractivity (Wildman–Crippen MR) is 122 cm³/mol. The molecule has 0 spiro atoms. The molecule has 3 rings (SSSR count). The van der Waals surface area contributed by atoms with E-state index in [-0.39, 0.29) is 49.3 Å². The predicted octanol–water partition coefficient (Wildman–Crippen LogP) is 1.57. The molecule has 0 aliphatic carbocycles. The molecule has 0 bridgehead atoms. The molecule has 2 atom stereocenters. The van der Waals surface area contributed by atoms with E-state index in [0.29, 0.717) is 12.8 Å². The third-order valence-corrected chi connectivity index (χ3v) is 5.44. The van der Waals surface area contributed by atoms with Crippen LogP contribution in [-0.2, 0) is 11.2 Å². The van der Waals surface area contributed by atoms with Crippen molar-refractivity contribution in [3.05, 3.63) is 66.4 Å². The Hall–Kier alpha value is -2.03. The van der Waals surface area contributed by atoms with Gasteiger partial charge in [0.1, 0.15) is 5.82 Å². The molecule has 6 nitrogen and oxygen atoms in total. The number of aromatic nitrogens is 2. The van der Waals surface area contributed by atoms with E-state index in [0.717, 1.165) is 28.1 Å². The minimum atomic E-state index is -1.10. The van der Waals surface area contributed by atoms with E-state index in [9.17, 15) is 19.4 Å². The first-order valence-corrected chi connectivity index (χ1v) is 10.7. The Labute approximate surface area is 216 Å². The molecule has 33 heavy (non-hydrogen) atoms. The van der Waals surface area contributed by atoms with Crippen LogP contribution in [0.3, 0.4) is 0 Å². The zero-order valence-corrected chi connectivity index (χ0v) is 21.3. The average Bonchev–Trinajstić information content (AvgIpc) is 3.12. The molecule has 0 unspecified atom stereocenters. The Kier molecular flexibility index (Phi) is 10.3. The number of carboxylic acids is 1. The fourth-order valence-electron chi connectivity index (χ4n) is 3.96. The summed E-state index contributed by atoms with van der Waals surface area (Å²) in [5, 5.41) is 29.1. The molecular weight excluding hydrogens is 434 g/mol. The number of carboxylic acid groups (broad SMARTS) is 1. The van der Waals surface area contributed by atoms with Crippen molar-refractivity contribution in [1.82, 2.24) is 9.55 Å². The van der Waals surface area contributed by atoms with Crippen molar-refractivity contribution >= 4 is 5.97 Å². The first-order chi connectivity index (χ1) is 15.3. The van der Waals surface area contributed by atoms with Gasteiger partial charge >= 0.3 is 35.5 Å². The second-order valence-corrected chi connectivity index (χ2v) is 8.27. The molecule has 8 heteroatoms. The number of hydrogen-bond donors (Lipinski definition) is 3. The molecule has 2 aromatic heterocycles. The van der Waals surface area contributed by atoms with Gasteiger partial charge in [-0.15, -0.1) is 0 Å². The maximum Gasteiger partial charge on any atom is 1.00 e. The number of benzene rings is 1. The number of rotatable bonds is 10. The van der Waals surface area contributed by atoms with E-state index in [4.69, 9.17) is 5.11 Å². The monoisotopic (exact) mass is 464 g/mol. The first-order valence-electron chi connectivity index (χ1n) is 10.7. The van der Waals surface area contributed by atoms with Crippen molar-refractivity contribution in [2.45, 2.75) is 57.8 Å². The van der Waals surface area contributed by atoms with Gasteiger partial charge in [-0.25, -0.2) is 4.39 Å². The Morgan fingerprint density at radius 3 is 2.39 bits per heavy atom. The van der Waals surface area contributed by atoms with Crippen molar-refractivity contribution in [3.8, 4) is 22.4 Å². The van der Waals surface area contributed by atoms with Crippen molar-refractivity contribution in [2.24, 2.45) is 0 Å². The summed E-state index contributed by atoms with van der Waals surface area (Å²) in [6, 6.07) is 12.1. The summed E-state index contributed by atoms with van der Waals surface area (Å²) in [6.45, 7) is 4.13. The zero-order valence-electron chi connectivity index (χ0n) is 20.3. The van der Waals surface area contributed by atoms with Gasteiger partial charge in [-0.2, -0.15) is 0 Å². The molecule has 3 aromatic rings. The summed E-state index contributed by atoms with van der Waals surface area (Å²) in [5.74, 6) is -1.42. The normalized spacial score (nSPS) is 12.9. The van der Waals surface area contributed by atoms with E-state index in [1.807, 2.05) is 24.4 Å². The van der Waals surface area contributed by atoms with Crippen molar-refractivity contribution in [1.29, 1.82) is 0 Å². The third-order valence-electron chi connectivity index (χ3n) is 5.44. The topological polar surface area (TPSA) is 95.6 Å². The molecule has 172 valence electrons. The van der Waals surface area contributed by atoms with Gasteiger partial charge in [0.2, 0.25) is 0 Å². The third kappa shape index (κ3) is 7.22. The summed E-state index contributed by atoms with van der Waals surface area (Å²) >= 11 is 0. The quantitative estimate of drug-likeness (QED) is 0.396. The van der Waals surface area contributed by atoms with E-state index in [1.165, 1.54) is 12.1 Å². The van der Waals surface area contributed by atoms with Gasteiger partial charge in [0, 0.05) is 35.3 Å². The summed E-state index contributed by atoms with van der Waals surface area (Å²) < 4.78 is 15.7. The first kappa shape index (κ1) is 27.2. The van der Waals surface area contributed by atoms with Crippen molar-refractivity contribution in [2.75, 3.05) is 0 Å². The zero-order chi connectivity index (χ0) is 23.3. The Morgan fingerprint density at radius 2 is 1.82 bits per heavy atom. The standard InChI is InChI=1S/C25H29FN2O4.Na.H/c1-16(2)28-15-21(22-5-3-4-12-27-22)25(17-6-8-18(26)9-7-17)23(28)11-10-19(29)13-20(30)14-24(31)32;;/h3-9,12,15-16,19-20,29-30H,10-11,13-14H2,1-2H3,(H,31,32);;/q;+1;-1/t19-,20-;;/m1../s1. The van der Waals surface area contributed by atoms with Crippen LogP contribution in [0.1, 0.15) is 46.3 Å². The number of halogens is 1. The van der Waals surface area contributed by atoms with Crippen molar-refractivity contribution in [3.63, 3.8) is 0 Å². The van der Waals surface area contributed by atoms with E-state index < -0.39 is 24.6 Å². The summed E-state index contributed by atoms with van der Waals surface area (Å²) in [5.41, 5.74) is 4.46. The van der Waals surface area contributed by atoms with Gasteiger partial charge in [-0.05, 0) is 62.9 Å². The van der Waals surface area contributed by atoms with Crippen LogP contribution in [0.15, 0.2) is 54.9 Å². The summed E-state index contributed by atoms with van der Waals surface area (Å²) in [6.07, 6.45) is 2.26.